The van der Waals surface area contributed by atoms with E-state index in [1.165, 1.54) is 0 Å². The third kappa shape index (κ3) is 3.36. The Morgan fingerprint density at radius 2 is 2.27 bits per heavy atom. The fourth-order valence-corrected chi connectivity index (χ4v) is 1.08. The van der Waals surface area contributed by atoms with Crippen molar-refractivity contribution in [2.24, 2.45) is 5.92 Å². The maximum atomic E-state index is 8.90. The van der Waals surface area contributed by atoms with E-state index < -0.39 is 0 Å². The van der Waals surface area contributed by atoms with Gasteiger partial charge in [0.1, 0.15) is 5.82 Å². The van der Waals surface area contributed by atoms with Crippen molar-refractivity contribution in [2.45, 2.75) is 13.8 Å². The van der Waals surface area contributed by atoms with Crippen molar-refractivity contribution in [1.82, 2.24) is 9.97 Å². The molecule has 1 rings (SSSR count). The first-order valence-corrected chi connectivity index (χ1v) is 5.03. The number of aliphatic hydroxyl groups is 1. The SMILES string of the molecule is CNc1ncc(C)c(NCC(C)CO)n1. The van der Waals surface area contributed by atoms with Crippen LogP contribution in [0, 0.1) is 12.8 Å². The summed E-state index contributed by atoms with van der Waals surface area (Å²) in [6.45, 7) is 4.81. The lowest BCUT2D eigenvalue weighted by molar-refractivity contribution is 0.244. The van der Waals surface area contributed by atoms with Crippen LogP contribution in [0.1, 0.15) is 12.5 Å². The van der Waals surface area contributed by atoms with E-state index in [0.717, 1.165) is 11.4 Å². The minimum atomic E-state index is 0.177. The number of hydrogen-bond donors (Lipinski definition) is 3. The molecule has 1 unspecified atom stereocenters. The predicted octanol–water partition coefficient (Wildman–Crippen LogP) is 0.867. The Hall–Kier alpha value is -1.36. The van der Waals surface area contributed by atoms with Crippen LogP contribution in [-0.2, 0) is 0 Å². The molecule has 0 saturated heterocycles. The lowest BCUT2D eigenvalue weighted by Gasteiger charge is -2.12. The van der Waals surface area contributed by atoms with Gasteiger partial charge < -0.3 is 15.7 Å². The first-order valence-electron chi connectivity index (χ1n) is 5.03. The van der Waals surface area contributed by atoms with Gasteiger partial charge in [-0.05, 0) is 12.8 Å². The van der Waals surface area contributed by atoms with Crippen LogP contribution in [0.15, 0.2) is 6.20 Å². The van der Waals surface area contributed by atoms with Gasteiger partial charge in [-0.3, -0.25) is 0 Å². The third-order valence-electron chi connectivity index (χ3n) is 2.12. The number of aryl methyl sites for hydroxylation is 1. The zero-order chi connectivity index (χ0) is 11.3. The minimum Gasteiger partial charge on any atom is -0.396 e. The number of rotatable bonds is 5. The van der Waals surface area contributed by atoms with Gasteiger partial charge in [0.2, 0.25) is 5.95 Å². The van der Waals surface area contributed by atoms with Gasteiger partial charge in [-0.2, -0.15) is 4.98 Å². The van der Waals surface area contributed by atoms with Crippen LogP contribution in [0.2, 0.25) is 0 Å². The van der Waals surface area contributed by atoms with E-state index in [0.29, 0.717) is 12.5 Å². The van der Waals surface area contributed by atoms with Crippen LogP contribution < -0.4 is 10.6 Å². The summed E-state index contributed by atoms with van der Waals surface area (Å²) in [6, 6.07) is 0. The van der Waals surface area contributed by atoms with E-state index >= 15 is 0 Å². The Morgan fingerprint density at radius 1 is 1.53 bits per heavy atom. The van der Waals surface area contributed by atoms with Crippen LogP contribution in [0.3, 0.4) is 0 Å². The molecule has 15 heavy (non-hydrogen) atoms. The number of anilines is 2. The van der Waals surface area contributed by atoms with Crippen LogP contribution in [0.4, 0.5) is 11.8 Å². The van der Waals surface area contributed by atoms with Crippen LogP contribution >= 0.6 is 0 Å². The van der Waals surface area contributed by atoms with Gasteiger partial charge in [0, 0.05) is 32.0 Å². The molecule has 0 aliphatic rings. The molecule has 1 aromatic heterocycles. The van der Waals surface area contributed by atoms with Gasteiger partial charge in [-0.15, -0.1) is 0 Å². The minimum absolute atomic E-state index is 0.177. The van der Waals surface area contributed by atoms with E-state index in [9.17, 15) is 0 Å². The molecule has 0 aliphatic carbocycles. The summed E-state index contributed by atoms with van der Waals surface area (Å²) in [5, 5.41) is 15.0. The molecule has 0 aromatic carbocycles. The average molecular weight is 210 g/mol. The monoisotopic (exact) mass is 210 g/mol. The van der Waals surface area contributed by atoms with Crippen molar-refractivity contribution in [2.75, 3.05) is 30.8 Å². The molecule has 0 aliphatic heterocycles. The van der Waals surface area contributed by atoms with Gasteiger partial charge in [0.15, 0.2) is 0 Å². The largest absolute Gasteiger partial charge is 0.396 e. The second kappa shape index (κ2) is 5.50. The molecule has 0 bridgehead atoms. The van der Waals surface area contributed by atoms with Crippen molar-refractivity contribution in [3.05, 3.63) is 11.8 Å². The van der Waals surface area contributed by atoms with Crippen molar-refractivity contribution < 1.29 is 5.11 Å². The predicted molar refractivity (Wildman–Crippen MR) is 61.1 cm³/mol. The summed E-state index contributed by atoms with van der Waals surface area (Å²) in [7, 11) is 1.78. The number of nitrogens with one attached hydrogen (secondary N) is 2. The highest BCUT2D eigenvalue weighted by Gasteiger charge is 2.04. The second-order valence-corrected chi connectivity index (χ2v) is 3.64. The standard InChI is InChI=1S/C10H18N4O/c1-7(6-15)4-12-9-8(2)5-13-10(11-3)14-9/h5,7,15H,4,6H2,1-3H3,(H2,11,12,13,14). The fourth-order valence-electron chi connectivity index (χ4n) is 1.08. The number of hydrogen-bond acceptors (Lipinski definition) is 5. The molecule has 84 valence electrons. The fraction of sp³-hybridized carbons (Fsp3) is 0.600. The van der Waals surface area contributed by atoms with Gasteiger partial charge in [-0.1, -0.05) is 6.92 Å². The normalized spacial score (nSPS) is 12.3. The molecular weight excluding hydrogens is 192 g/mol. The zero-order valence-corrected chi connectivity index (χ0v) is 9.41. The maximum Gasteiger partial charge on any atom is 0.224 e. The molecule has 0 amide bonds. The molecule has 1 atom stereocenters. The smallest absolute Gasteiger partial charge is 0.224 e. The number of aromatic nitrogens is 2. The van der Waals surface area contributed by atoms with E-state index in [1.54, 1.807) is 13.2 Å². The average Bonchev–Trinajstić information content (AvgIpc) is 2.27. The van der Waals surface area contributed by atoms with Crippen molar-refractivity contribution in [3.63, 3.8) is 0 Å². The molecule has 0 fully saturated rings. The van der Waals surface area contributed by atoms with Crippen LogP contribution in [0.5, 0.6) is 0 Å². The van der Waals surface area contributed by atoms with Crippen molar-refractivity contribution >= 4 is 11.8 Å². The van der Waals surface area contributed by atoms with Gasteiger partial charge in [0.25, 0.3) is 0 Å². The molecule has 1 aromatic rings. The molecular formula is C10H18N4O. The van der Waals surface area contributed by atoms with Crippen molar-refractivity contribution in [3.8, 4) is 0 Å². The van der Waals surface area contributed by atoms with Crippen molar-refractivity contribution in [1.29, 1.82) is 0 Å². The Balaban J connectivity index is 2.66. The third-order valence-corrected chi connectivity index (χ3v) is 2.12. The topological polar surface area (TPSA) is 70.1 Å². The summed E-state index contributed by atoms with van der Waals surface area (Å²) in [5.41, 5.74) is 0.999. The quantitative estimate of drug-likeness (QED) is 0.672. The molecule has 0 radical (unpaired) electrons. The summed E-state index contributed by atoms with van der Waals surface area (Å²) in [5.74, 6) is 1.63. The summed E-state index contributed by atoms with van der Waals surface area (Å²) >= 11 is 0. The Labute approximate surface area is 90.0 Å². The summed E-state index contributed by atoms with van der Waals surface area (Å²) < 4.78 is 0. The Bertz CT molecular complexity index is 316. The van der Waals surface area contributed by atoms with Gasteiger partial charge in [-0.25, -0.2) is 4.98 Å². The number of nitrogens with zero attached hydrogens (tertiary/aromatic N) is 2. The van der Waals surface area contributed by atoms with E-state index in [-0.39, 0.29) is 12.5 Å². The van der Waals surface area contributed by atoms with Crippen LogP contribution in [-0.4, -0.2) is 35.3 Å². The Morgan fingerprint density at radius 3 is 2.87 bits per heavy atom. The highest BCUT2D eigenvalue weighted by molar-refractivity contribution is 5.46. The van der Waals surface area contributed by atoms with Crippen LogP contribution in [0.25, 0.3) is 0 Å². The lowest BCUT2D eigenvalue weighted by atomic mass is 10.2. The molecule has 5 heteroatoms. The summed E-state index contributed by atoms with van der Waals surface area (Å²) in [4.78, 5) is 8.38. The van der Waals surface area contributed by atoms with E-state index in [1.807, 2.05) is 13.8 Å². The van der Waals surface area contributed by atoms with E-state index in [4.69, 9.17) is 5.11 Å². The molecule has 3 N–H and O–H groups in total. The lowest BCUT2D eigenvalue weighted by Crippen LogP contribution is -2.16. The van der Waals surface area contributed by atoms with E-state index in [2.05, 4.69) is 20.6 Å². The molecule has 5 nitrogen and oxygen atoms in total. The molecule has 0 spiro atoms. The number of aliphatic hydroxyl groups excluding tert-OH is 1. The second-order valence-electron chi connectivity index (χ2n) is 3.64. The maximum absolute atomic E-state index is 8.90. The summed E-state index contributed by atoms with van der Waals surface area (Å²) in [6.07, 6.45) is 1.77. The highest BCUT2D eigenvalue weighted by atomic mass is 16.3. The Kier molecular flexibility index (Phi) is 4.30. The first kappa shape index (κ1) is 11.7. The molecule has 1 heterocycles. The molecule has 0 saturated carbocycles. The van der Waals surface area contributed by atoms with Gasteiger partial charge in [0.05, 0.1) is 0 Å². The highest BCUT2D eigenvalue weighted by Crippen LogP contribution is 2.12. The zero-order valence-electron chi connectivity index (χ0n) is 9.41. The van der Waals surface area contributed by atoms with Gasteiger partial charge >= 0.3 is 0 Å². The first-order chi connectivity index (χ1) is 7.17.